The summed E-state index contributed by atoms with van der Waals surface area (Å²) in [6, 6.07) is 54.1. The molecule has 1 aromatic heterocycles. The molecular weight excluding hydrogens is 587 g/mol. The third kappa shape index (κ3) is 4.60. The summed E-state index contributed by atoms with van der Waals surface area (Å²) in [5.41, 5.74) is 8.13. The van der Waals surface area contributed by atoms with Gasteiger partial charge in [0.05, 0.1) is 0 Å². The summed E-state index contributed by atoms with van der Waals surface area (Å²) >= 11 is 0. The molecule has 8 aromatic rings. The van der Waals surface area contributed by atoms with Gasteiger partial charge in [-0.25, -0.2) is 15.0 Å². The molecule has 0 fully saturated rings. The molecule has 222 valence electrons. The van der Waals surface area contributed by atoms with Gasteiger partial charge < -0.3 is 0 Å². The number of benzene rings is 7. The molecule has 3 nitrogen and oxygen atoms in total. The minimum absolute atomic E-state index is 0.675. The lowest BCUT2D eigenvalue weighted by molar-refractivity contribution is 1.07. The molecule has 0 spiro atoms. The molecular formula is C43H31N3Si. The van der Waals surface area contributed by atoms with Gasteiger partial charge in [-0.05, 0) is 66.3 Å². The zero-order valence-corrected chi connectivity index (χ0v) is 27.3. The Bertz CT molecular complexity index is 2490. The van der Waals surface area contributed by atoms with E-state index < -0.39 is 8.07 Å². The van der Waals surface area contributed by atoms with Crippen LogP contribution in [0.1, 0.15) is 0 Å². The number of nitrogens with zero attached hydrogens (tertiary/aromatic N) is 3. The van der Waals surface area contributed by atoms with E-state index in [1.165, 1.54) is 48.8 Å². The highest BCUT2D eigenvalue weighted by atomic mass is 28.3. The molecule has 2 heterocycles. The van der Waals surface area contributed by atoms with Gasteiger partial charge >= 0.3 is 0 Å². The van der Waals surface area contributed by atoms with E-state index >= 15 is 0 Å². The maximum atomic E-state index is 5.14. The summed E-state index contributed by atoms with van der Waals surface area (Å²) in [4.78, 5) is 15.2. The van der Waals surface area contributed by atoms with Gasteiger partial charge in [-0.15, -0.1) is 0 Å². The lowest BCUT2D eigenvalue weighted by Crippen LogP contribution is -2.49. The third-order valence-corrected chi connectivity index (χ3v) is 13.2. The van der Waals surface area contributed by atoms with Crippen LogP contribution < -0.4 is 10.4 Å². The molecule has 1 aliphatic rings. The van der Waals surface area contributed by atoms with Crippen molar-refractivity contribution in [3.63, 3.8) is 0 Å². The largest absolute Gasteiger partial charge is 0.208 e. The molecule has 7 aromatic carbocycles. The van der Waals surface area contributed by atoms with Crippen LogP contribution in [0.25, 0.3) is 78.0 Å². The summed E-state index contributed by atoms with van der Waals surface area (Å²) in [6.45, 7) is 4.92. The molecule has 1 aliphatic heterocycles. The SMILES string of the molecule is C[Si]1(C)c2cc(-c3nc(-c4ccccc4)nc(-c4ccc5cc(-c6ccccc6)ccc5c4)n3)ccc2-c2c1ccc1ccccc21. The van der Waals surface area contributed by atoms with Crippen molar-refractivity contribution < 1.29 is 0 Å². The second-order valence-corrected chi connectivity index (χ2v) is 17.2. The predicted molar refractivity (Wildman–Crippen MR) is 199 cm³/mol. The van der Waals surface area contributed by atoms with Crippen LogP contribution in [0.2, 0.25) is 13.1 Å². The molecule has 0 unspecified atom stereocenters. The van der Waals surface area contributed by atoms with E-state index in [-0.39, 0.29) is 0 Å². The molecule has 4 heteroatoms. The summed E-state index contributed by atoms with van der Waals surface area (Å²) < 4.78 is 0. The first-order valence-corrected chi connectivity index (χ1v) is 19.1. The molecule has 0 N–H and O–H groups in total. The topological polar surface area (TPSA) is 38.7 Å². The van der Waals surface area contributed by atoms with Crippen molar-refractivity contribution >= 4 is 40.0 Å². The second-order valence-electron chi connectivity index (χ2n) is 12.9. The zero-order valence-electron chi connectivity index (χ0n) is 26.3. The Morgan fingerprint density at radius 1 is 0.383 bits per heavy atom. The highest BCUT2D eigenvalue weighted by molar-refractivity contribution is 7.04. The molecule has 47 heavy (non-hydrogen) atoms. The first-order chi connectivity index (χ1) is 23.0. The van der Waals surface area contributed by atoms with Crippen LogP contribution in [0, 0.1) is 0 Å². The third-order valence-electron chi connectivity index (χ3n) is 9.70. The van der Waals surface area contributed by atoms with Crippen LogP contribution in [0.4, 0.5) is 0 Å². The van der Waals surface area contributed by atoms with E-state index in [4.69, 9.17) is 15.0 Å². The van der Waals surface area contributed by atoms with Crippen LogP contribution in [0.5, 0.6) is 0 Å². The maximum Gasteiger partial charge on any atom is 0.164 e. The van der Waals surface area contributed by atoms with E-state index in [1.54, 1.807) is 0 Å². The Balaban J connectivity index is 1.18. The fourth-order valence-electron chi connectivity index (χ4n) is 7.19. The lowest BCUT2D eigenvalue weighted by Gasteiger charge is -2.19. The van der Waals surface area contributed by atoms with Gasteiger partial charge in [-0.2, -0.15) is 0 Å². The molecule has 9 rings (SSSR count). The average molecular weight is 618 g/mol. The standard InChI is InChI=1S/C43H31N3Si/c1-47(2)38-24-22-29-13-9-10-16-36(29)40(38)37-23-21-35(27-39(37)47)43-45-41(30-14-7-4-8-15-30)44-42(46-43)34-20-19-32-25-31(17-18-33(32)26-34)28-11-5-3-6-12-28/h3-27H,1-2H3. The number of rotatable bonds is 4. The first kappa shape index (κ1) is 27.6. The van der Waals surface area contributed by atoms with Gasteiger partial charge in [0, 0.05) is 16.7 Å². The maximum absolute atomic E-state index is 5.14. The fraction of sp³-hybridized carbons (Fsp3) is 0.0465. The smallest absolute Gasteiger partial charge is 0.164 e. The number of hydrogen-bond acceptors (Lipinski definition) is 3. The molecule has 0 bridgehead atoms. The molecule has 0 amide bonds. The van der Waals surface area contributed by atoms with Crippen LogP contribution in [-0.2, 0) is 0 Å². The van der Waals surface area contributed by atoms with Crippen molar-refractivity contribution in [3.8, 4) is 56.4 Å². The van der Waals surface area contributed by atoms with Crippen LogP contribution >= 0.6 is 0 Å². The summed E-state index contributed by atoms with van der Waals surface area (Å²) in [6.07, 6.45) is 0. The Hall–Kier alpha value is -5.71. The normalized spacial score (nSPS) is 13.1. The minimum atomic E-state index is -1.95. The summed E-state index contributed by atoms with van der Waals surface area (Å²) in [5, 5.41) is 7.89. The number of aromatic nitrogens is 3. The van der Waals surface area contributed by atoms with Crippen molar-refractivity contribution in [2.75, 3.05) is 0 Å². The second kappa shape index (κ2) is 10.7. The van der Waals surface area contributed by atoms with Crippen molar-refractivity contribution in [2.45, 2.75) is 13.1 Å². The van der Waals surface area contributed by atoms with E-state index in [2.05, 4.69) is 147 Å². The highest BCUT2D eigenvalue weighted by Crippen LogP contribution is 2.36. The molecule has 0 saturated carbocycles. The van der Waals surface area contributed by atoms with Gasteiger partial charge in [-0.3, -0.25) is 0 Å². The highest BCUT2D eigenvalue weighted by Gasteiger charge is 2.38. The first-order valence-electron chi connectivity index (χ1n) is 16.1. The number of hydrogen-bond donors (Lipinski definition) is 0. The van der Waals surface area contributed by atoms with Gasteiger partial charge in [0.25, 0.3) is 0 Å². The monoisotopic (exact) mass is 617 g/mol. The summed E-state index contributed by atoms with van der Waals surface area (Å²) in [7, 11) is -1.95. The van der Waals surface area contributed by atoms with E-state index in [9.17, 15) is 0 Å². The average Bonchev–Trinajstić information content (AvgIpc) is 3.37. The Labute approximate surface area is 275 Å². The molecule has 0 atom stereocenters. The van der Waals surface area contributed by atoms with Crippen molar-refractivity contribution in [1.29, 1.82) is 0 Å². The van der Waals surface area contributed by atoms with E-state index in [0.717, 1.165) is 22.1 Å². The van der Waals surface area contributed by atoms with E-state index in [0.29, 0.717) is 17.5 Å². The lowest BCUT2D eigenvalue weighted by atomic mass is 9.97. The van der Waals surface area contributed by atoms with Crippen LogP contribution in [-0.4, -0.2) is 23.0 Å². The van der Waals surface area contributed by atoms with Gasteiger partial charge in [-0.1, -0.05) is 153 Å². The quantitative estimate of drug-likeness (QED) is 0.185. The van der Waals surface area contributed by atoms with Crippen LogP contribution in [0.3, 0.4) is 0 Å². The van der Waals surface area contributed by atoms with E-state index in [1.807, 2.05) is 18.2 Å². The van der Waals surface area contributed by atoms with Crippen molar-refractivity contribution in [2.24, 2.45) is 0 Å². The minimum Gasteiger partial charge on any atom is -0.208 e. The zero-order chi connectivity index (χ0) is 31.5. The molecule has 0 radical (unpaired) electrons. The Kier molecular flexibility index (Phi) is 6.27. The molecule has 0 saturated heterocycles. The van der Waals surface area contributed by atoms with Crippen LogP contribution in [0.15, 0.2) is 152 Å². The Morgan fingerprint density at radius 3 is 1.64 bits per heavy atom. The van der Waals surface area contributed by atoms with Crippen molar-refractivity contribution in [1.82, 2.24) is 15.0 Å². The Morgan fingerprint density at radius 2 is 0.915 bits per heavy atom. The predicted octanol–water partition coefficient (Wildman–Crippen LogP) is 9.65. The van der Waals surface area contributed by atoms with Gasteiger partial charge in [0.2, 0.25) is 0 Å². The van der Waals surface area contributed by atoms with Gasteiger partial charge in [0.1, 0.15) is 8.07 Å². The van der Waals surface area contributed by atoms with Crippen molar-refractivity contribution in [3.05, 3.63) is 152 Å². The van der Waals surface area contributed by atoms with Gasteiger partial charge in [0.15, 0.2) is 17.5 Å². The fourth-order valence-corrected chi connectivity index (χ4v) is 10.3. The number of fused-ring (bicyclic) bond motifs is 6. The summed E-state index contributed by atoms with van der Waals surface area (Å²) in [5.74, 6) is 2.05. The molecule has 0 aliphatic carbocycles.